The summed E-state index contributed by atoms with van der Waals surface area (Å²) in [5, 5.41) is 0. The molecule has 17 heavy (non-hydrogen) atoms. The van der Waals surface area contributed by atoms with E-state index in [1.807, 2.05) is 6.07 Å². The maximum atomic E-state index is 13.8. The van der Waals surface area contributed by atoms with Gasteiger partial charge >= 0.3 is 0 Å². The van der Waals surface area contributed by atoms with Crippen LogP contribution in [0.1, 0.15) is 30.0 Å². The monoisotopic (exact) mass is 234 g/mol. The van der Waals surface area contributed by atoms with Gasteiger partial charge in [-0.1, -0.05) is 12.1 Å². The Morgan fingerprint density at radius 3 is 2.71 bits per heavy atom. The molecule has 2 nitrogen and oxygen atoms in total. The molecule has 1 aromatic carbocycles. The second-order valence-electron chi connectivity index (χ2n) is 5.63. The van der Waals surface area contributed by atoms with Gasteiger partial charge in [0.1, 0.15) is 5.82 Å². The molecule has 2 aliphatic rings. The second-order valence-corrected chi connectivity index (χ2v) is 5.63. The number of nitrogens with zero attached hydrogens (tertiary/aromatic N) is 1. The van der Waals surface area contributed by atoms with Crippen molar-refractivity contribution < 1.29 is 4.39 Å². The first-order valence-electron chi connectivity index (χ1n) is 6.34. The van der Waals surface area contributed by atoms with Gasteiger partial charge in [0.25, 0.3) is 0 Å². The molecule has 0 saturated carbocycles. The van der Waals surface area contributed by atoms with Crippen molar-refractivity contribution in [3.8, 4) is 0 Å². The van der Waals surface area contributed by atoms with Gasteiger partial charge in [-0.25, -0.2) is 4.39 Å². The van der Waals surface area contributed by atoms with Crippen molar-refractivity contribution in [1.82, 2.24) is 4.90 Å². The smallest absolute Gasteiger partial charge is 0.126 e. The van der Waals surface area contributed by atoms with Crippen molar-refractivity contribution in [2.45, 2.75) is 25.3 Å². The molecule has 2 N–H and O–H groups in total. The van der Waals surface area contributed by atoms with E-state index in [4.69, 9.17) is 5.73 Å². The number of benzene rings is 1. The normalized spacial score (nSPS) is 27.4. The fourth-order valence-electron chi connectivity index (χ4n) is 3.40. The average molecular weight is 234 g/mol. The molecule has 1 atom stereocenters. The van der Waals surface area contributed by atoms with E-state index in [-0.39, 0.29) is 17.3 Å². The molecule has 1 aliphatic carbocycles. The Morgan fingerprint density at radius 2 is 2.06 bits per heavy atom. The van der Waals surface area contributed by atoms with Crippen LogP contribution in [0, 0.1) is 11.2 Å². The average Bonchev–Trinajstić information content (AvgIpc) is 2.60. The van der Waals surface area contributed by atoms with Crippen molar-refractivity contribution in [3.05, 3.63) is 35.1 Å². The first kappa shape index (κ1) is 11.2. The molecule has 3 rings (SSSR count). The van der Waals surface area contributed by atoms with E-state index in [1.54, 1.807) is 12.1 Å². The highest BCUT2D eigenvalue weighted by Gasteiger charge is 2.46. The lowest BCUT2D eigenvalue weighted by molar-refractivity contribution is 0.105. The van der Waals surface area contributed by atoms with Crippen molar-refractivity contribution in [3.63, 3.8) is 0 Å². The van der Waals surface area contributed by atoms with Crippen LogP contribution in [0.4, 0.5) is 4.39 Å². The van der Waals surface area contributed by atoms with Gasteiger partial charge in [0.15, 0.2) is 0 Å². The van der Waals surface area contributed by atoms with Gasteiger partial charge in [0.2, 0.25) is 0 Å². The minimum atomic E-state index is -0.0752. The molecular formula is C14H19FN2. The van der Waals surface area contributed by atoms with Crippen LogP contribution in [0.3, 0.4) is 0 Å². The summed E-state index contributed by atoms with van der Waals surface area (Å²) in [4.78, 5) is 2.33. The zero-order valence-corrected chi connectivity index (χ0v) is 10.2. The number of piperidine rings is 1. The molecule has 1 unspecified atom stereocenters. The van der Waals surface area contributed by atoms with Crippen LogP contribution in [-0.2, 0) is 6.42 Å². The van der Waals surface area contributed by atoms with Crippen LogP contribution in [0.2, 0.25) is 0 Å². The number of nitrogens with two attached hydrogens (primary N) is 1. The Hall–Kier alpha value is -0.930. The fraction of sp³-hybridized carbons (Fsp3) is 0.571. The first-order chi connectivity index (χ1) is 8.12. The minimum Gasteiger partial charge on any atom is -0.323 e. The Morgan fingerprint density at radius 1 is 1.35 bits per heavy atom. The Bertz CT molecular complexity index is 436. The lowest BCUT2D eigenvalue weighted by atomic mass is 9.73. The molecule has 1 heterocycles. The number of fused-ring (bicyclic) bond motifs is 1. The zero-order valence-electron chi connectivity index (χ0n) is 10.2. The second kappa shape index (κ2) is 3.79. The number of halogens is 1. The predicted molar refractivity (Wildman–Crippen MR) is 66.2 cm³/mol. The van der Waals surface area contributed by atoms with E-state index in [2.05, 4.69) is 11.9 Å². The van der Waals surface area contributed by atoms with Gasteiger partial charge in [0.05, 0.1) is 0 Å². The summed E-state index contributed by atoms with van der Waals surface area (Å²) < 4.78 is 13.8. The molecule has 92 valence electrons. The third-order valence-corrected chi connectivity index (χ3v) is 4.66. The minimum absolute atomic E-state index is 0.0156. The third-order valence-electron chi connectivity index (χ3n) is 4.66. The summed E-state index contributed by atoms with van der Waals surface area (Å²) in [5.74, 6) is -0.0752. The Balaban J connectivity index is 1.96. The number of hydrogen-bond donors (Lipinski definition) is 1. The van der Waals surface area contributed by atoms with E-state index >= 15 is 0 Å². The molecule has 0 radical (unpaired) electrons. The molecule has 1 saturated heterocycles. The topological polar surface area (TPSA) is 29.3 Å². The van der Waals surface area contributed by atoms with E-state index in [0.717, 1.165) is 43.5 Å². The van der Waals surface area contributed by atoms with E-state index in [1.165, 1.54) is 0 Å². The molecule has 1 aromatic rings. The summed E-state index contributed by atoms with van der Waals surface area (Å²) in [6.45, 7) is 2.15. The van der Waals surface area contributed by atoms with Crippen LogP contribution >= 0.6 is 0 Å². The summed E-state index contributed by atoms with van der Waals surface area (Å²) >= 11 is 0. The van der Waals surface area contributed by atoms with Gasteiger partial charge < -0.3 is 10.6 Å². The number of rotatable bonds is 0. The van der Waals surface area contributed by atoms with Crippen LogP contribution in [-0.4, -0.2) is 25.0 Å². The fourth-order valence-corrected chi connectivity index (χ4v) is 3.40. The molecular weight excluding hydrogens is 215 g/mol. The highest BCUT2D eigenvalue weighted by molar-refractivity contribution is 5.39. The molecule has 1 aliphatic heterocycles. The molecule has 0 aromatic heterocycles. The largest absolute Gasteiger partial charge is 0.323 e. The van der Waals surface area contributed by atoms with E-state index in [0.29, 0.717) is 0 Å². The highest BCUT2D eigenvalue weighted by atomic mass is 19.1. The molecule has 1 spiro atoms. The lowest BCUT2D eigenvalue weighted by Gasteiger charge is -2.41. The number of likely N-dealkylation sites (tertiary alicyclic amines) is 1. The van der Waals surface area contributed by atoms with Crippen LogP contribution < -0.4 is 5.73 Å². The van der Waals surface area contributed by atoms with Crippen molar-refractivity contribution in [1.29, 1.82) is 0 Å². The summed E-state index contributed by atoms with van der Waals surface area (Å²) in [6.07, 6.45) is 2.99. The van der Waals surface area contributed by atoms with Gasteiger partial charge in [-0.05, 0) is 62.0 Å². The quantitative estimate of drug-likeness (QED) is 0.745. The van der Waals surface area contributed by atoms with Gasteiger partial charge in [-0.2, -0.15) is 0 Å². The van der Waals surface area contributed by atoms with Crippen LogP contribution in [0.5, 0.6) is 0 Å². The summed E-state index contributed by atoms with van der Waals surface area (Å²) in [6, 6.07) is 5.35. The van der Waals surface area contributed by atoms with E-state index < -0.39 is 0 Å². The summed E-state index contributed by atoms with van der Waals surface area (Å²) in [7, 11) is 2.14. The SMILES string of the molecule is CN1CCC2(CC1)Cc1c(F)cccc1C2N. The zero-order chi connectivity index (χ0) is 12.0. The molecule has 0 bridgehead atoms. The molecule has 0 amide bonds. The highest BCUT2D eigenvalue weighted by Crippen LogP contribution is 2.50. The standard InChI is InChI=1S/C14H19FN2/c1-17-7-5-14(6-8-17)9-11-10(13(14)16)3-2-4-12(11)15/h2-4,13H,5-9,16H2,1H3. The van der Waals surface area contributed by atoms with E-state index in [9.17, 15) is 4.39 Å². The molecule has 3 heteroatoms. The van der Waals surface area contributed by atoms with Crippen molar-refractivity contribution >= 4 is 0 Å². The predicted octanol–water partition coefficient (Wildman–Crippen LogP) is 2.09. The molecule has 1 fully saturated rings. The Kier molecular flexibility index (Phi) is 2.49. The van der Waals surface area contributed by atoms with Gasteiger partial charge in [-0.3, -0.25) is 0 Å². The summed E-state index contributed by atoms with van der Waals surface area (Å²) in [5.41, 5.74) is 8.40. The van der Waals surface area contributed by atoms with Crippen molar-refractivity contribution in [2.24, 2.45) is 11.1 Å². The van der Waals surface area contributed by atoms with Gasteiger partial charge in [-0.15, -0.1) is 0 Å². The Labute approximate surface area is 102 Å². The number of hydrogen-bond acceptors (Lipinski definition) is 2. The van der Waals surface area contributed by atoms with Crippen LogP contribution in [0.25, 0.3) is 0 Å². The first-order valence-corrected chi connectivity index (χ1v) is 6.34. The lowest BCUT2D eigenvalue weighted by Crippen LogP contribution is -2.42. The third kappa shape index (κ3) is 1.60. The maximum Gasteiger partial charge on any atom is 0.126 e. The van der Waals surface area contributed by atoms with Crippen molar-refractivity contribution in [2.75, 3.05) is 20.1 Å². The van der Waals surface area contributed by atoms with Gasteiger partial charge in [0, 0.05) is 6.04 Å². The van der Waals surface area contributed by atoms with Crippen LogP contribution in [0.15, 0.2) is 18.2 Å². The maximum absolute atomic E-state index is 13.8.